The molecule has 0 saturated carbocycles. The Bertz CT molecular complexity index is 2220. The summed E-state index contributed by atoms with van der Waals surface area (Å²) in [5.74, 6) is 1.16. The zero-order valence-electron chi connectivity index (χ0n) is 30.4. The van der Waals surface area contributed by atoms with Gasteiger partial charge in [-0.3, -0.25) is 9.59 Å². The summed E-state index contributed by atoms with van der Waals surface area (Å²) in [5.41, 5.74) is 18.3. The molecule has 1 unspecified atom stereocenters. The Balaban J connectivity index is 0.000000201. The van der Waals surface area contributed by atoms with Crippen molar-refractivity contribution in [2.24, 2.45) is 0 Å². The number of fused-ring (bicyclic) bond motifs is 2. The van der Waals surface area contributed by atoms with E-state index in [-0.39, 0.29) is 29.8 Å². The molecule has 52 heavy (non-hydrogen) atoms. The molecule has 2 aromatic heterocycles. The Morgan fingerprint density at radius 1 is 0.654 bits per heavy atom. The molecule has 6 aromatic rings. The molecule has 0 aliphatic rings. The number of rotatable bonds is 8. The Morgan fingerprint density at radius 2 is 1.06 bits per heavy atom. The summed E-state index contributed by atoms with van der Waals surface area (Å²) in [6, 6.07) is 27.1. The van der Waals surface area contributed by atoms with Crippen LogP contribution in [-0.4, -0.2) is 43.5 Å². The first-order chi connectivity index (χ1) is 24.7. The van der Waals surface area contributed by atoms with E-state index in [4.69, 9.17) is 20.9 Å². The van der Waals surface area contributed by atoms with Crippen LogP contribution in [0, 0.1) is 0 Å². The van der Waals surface area contributed by atoms with Gasteiger partial charge < -0.3 is 31.6 Å². The van der Waals surface area contributed by atoms with Crippen LogP contribution in [-0.2, 0) is 9.59 Å². The fourth-order valence-corrected chi connectivity index (χ4v) is 5.22. The highest BCUT2D eigenvalue weighted by Gasteiger charge is 2.17. The predicted octanol–water partition coefficient (Wildman–Crippen LogP) is 8.03. The molecule has 6 rings (SSSR count). The van der Waals surface area contributed by atoms with Gasteiger partial charge in [0.2, 0.25) is 35.5 Å². The zero-order valence-corrected chi connectivity index (χ0v) is 30.4. The van der Waals surface area contributed by atoms with Gasteiger partial charge in [0.15, 0.2) is 0 Å². The van der Waals surface area contributed by atoms with E-state index in [1.54, 1.807) is 0 Å². The van der Waals surface area contributed by atoms with Crippen molar-refractivity contribution in [1.29, 1.82) is 0 Å². The van der Waals surface area contributed by atoms with Crippen LogP contribution in [0.2, 0.25) is 0 Å². The molecule has 268 valence electrons. The molecule has 0 fully saturated rings. The second-order valence-electron chi connectivity index (χ2n) is 13.3. The molecule has 0 radical (unpaired) electrons. The summed E-state index contributed by atoms with van der Waals surface area (Å²) in [6.07, 6.45) is 0.906. The Hall–Kier alpha value is -6.30. The summed E-state index contributed by atoms with van der Waals surface area (Å²) < 4.78 is 11.9. The first-order valence-corrected chi connectivity index (χ1v) is 16.9. The molecule has 2 heterocycles. The summed E-state index contributed by atoms with van der Waals surface area (Å²) >= 11 is 0. The van der Waals surface area contributed by atoms with Gasteiger partial charge in [-0.1, -0.05) is 43.3 Å². The van der Waals surface area contributed by atoms with Crippen LogP contribution in [0.15, 0.2) is 84.9 Å². The minimum absolute atomic E-state index is 0.0353. The van der Waals surface area contributed by atoms with Crippen molar-refractivity contribution < 1.29 is 19.1 Å². The molecule has 6 N–H and O–H groups in total. The van der Waals surface area contributed by atoms with Crippen molar-refractivity contribution in [2.75, 3.05) is 22.1 Å². The number of aromatic nitrogens is 4. The zero-order chi connectivity index (χ0) is 37.6. The summed E-state index contributed by atoms with van der Waals surface area (Å²) in [6.45, 7) is 12.9. The number of carbonyl (C=O) groups is 2. The molecule has 4 aromatic carbocycles. The van der Waals surface area contributed by atoms with Crippen LogP contribution in [0.1, 0.15) is 54.9 Å². The standard InChI is InChI=1S/2C20H22N4O2/c1-12(25)22-15-8-5-13(6-9-15)14-7-10-17-16(11-14)18(24-19(21)23-17)26-20(2,3)4;1-4-12(2)26-19-17-11-15(7-10-18(17)23-20(21)24-19)14-5-8-16(9-6-14)22-13(3)25/h5-11H,1-4H3,(H,22,25)(H2,21,23,24);5-12H,4H2,1-3H3,(H,22,25)(H2,21,23,24). The molecule has 2 amide bonds. The molecular weight excluding hydrogens is 656 g/mol. The molecule has 12 heteroatoms. The second kappa shape index (κ2) is 15.7. The van der Waals surface area contributed by atoms with Crippen LogP contribution in [0.4, 0.5) is 23.3 Å². The van der Waals surface area contributed by atoms with E-state index in [1.807, 2.05) is 113 Å². The van der Waals surface area contributed by atoms with Crippen LogP contribution in [0.5, 0.6) is 11.8 Å². The fourth-order valence-electron chi connectivity index (χ4n) is 5.22. The highest BCUT2D eigenvalue weighted by Crippen LogP contribution is 2.32. The van der Waals surface area contributed by atoms with E-state index < -0.39 is 5.60 Å². The lowest BCUT2D eigenvalue weighted by atomic mass is 10.0. The summed E-state index contributed by atoms with van der Waals surface area (Å²) in [4.78, 5) is 39.4. The van der Waals surface area contributed by atoms with E-state index in [1.165, 1.54) is 13.8 Å². The third-order valence-corrected chi connectivity index (χ3v) is 7.72. The Kier molecular flexibility index (Phi) is 11.2. The van der Waals surface area contributed by atoms with Gasteiger partial charge in [-0.2, -0.15) is 9.97 Å². The lowest BCUT2D eigenvalue weighted by Gasteiger charge is -2.21. The lowest BCUT2D eigenvalue weighted by Crippen LogP contribution is -2.24. The number of hydrogen-bond acceptors (Lipinski definition) is 10. The maximum Gasteiger partial charge on any atom is 0.226 e. The number of benzene rings is 4. The van der Waals surface area contributed by atoms with E-state index in [2.05, 4.69) is 37.5 Å². The number of hydrogen-bond donors (Lipinski definition) is 4. The molecule has 0 saturated heterocycles. The average molecular weight is 701 g/mol. The normalized spacial score (nSPS) is 11.7. The van der Waals surface area contributed by atoms with Gasteiger partial charge in [-0.25, -0.2) is 9.97 Å². The number of amides is 2. The minimum Gasteiger partial charge on any atom is -0.474 e. The summed E-state index contributed by atoms with van der Waals surface area (Å²) in [5, 5.41) is 7.15. The largest absolute Gasteiger partial charge is 0.474 e. The van der Waals surface area contributed by atoms with Gasteiger partial charge in [-0.15, -0.1) is 0 Å². The van der Waals surface area contributed by atoms with Crippen LogP contribution in [0.25, 0.3) is 44.1 Å². The molecule has 0 aliphatic carbocycles. The van der Waals surface area contributed by atoms with E-state index in [0.717, 1.165) is 61.9 Å². The van der Waals surface area contributed by atoms with Crippen molar-refractivity contribution in [3.8, 4) is 34.0 Å². The fraction of sp³-hybridized carbons (Fsp3) is 0.250. The maximum atomic E-state index is 11.1. The van der Waals surface area contributed by atoms with Gasteiger partial charge in [0.05, 0.1) is 27.9 Å². The monoisotopic (exact) mass is 700 g/mol. The van der Waals surface area contributed by atoms with E-state index in [0.29, 0.717) is 11.8 Å². The number of ether oxygens (including phenoxy) is 2. The van der Waals surface area contributed by atoms with Crippen LogP contribution in [0.3, 0.4) is 0 Å². The quantitative estimate of drug-likeness (QED) is 0.121. The van der Waals surface area contributed by atoms with E-state index in [9.17, 15) is 9.59 Å². The Labute approximate surface area is 303 Å². The van der Waals surface area contributed by atoms with Gasteiger partial charge >= 0.3 is 0 Å². The van der Waals surface area contributed by atoms with Crippen molar-refractivity contribution >= 4 is 56.9 Å². The molecule has 1 atom stereocenters. The topological polar surface area (TPSA) is 180 Å². The maximum absolute atomic E-state index is 11.1. The Morgan fingerprint density at radius 3 is 1.46 bits per heavy atom. The van der Waals surface area contributed by atoms with Crippen molar-refractivity contribution in [2.45, 2.75) is 66.6 Å². The highest BCUT2D eigenvalue weighted by molar-refractivity contribution is 5.92. The molecule has 0 aliphatic heterocycles. The average Bonchev–Trinajstić information content (AvgIpc) is 3.07. The highest BCUT2D eigenvalue weighted by atomic mass is 16.5. The van der Waals surface area contributed by atoms with Crippen LogP contribution >= 0.6 is 0 Å². The van der Waals surface area contributed by atoms with Gasteiger partial charge in [0.25, 0.3) is 0 Å². The van der Waals surface area contributed by atoms with Crippen LogP contribution < -0.4 is 31.6 Å². The molecule has 0 spiro atoms. The SMILES string of the molecule is CC(=O)Nc1ccc(-c2ccc3nc(N)nc(OC(C)(C)C)c3c2)cc1.CCC(C)Oc1nc(N)nc2ccc(-c3ccc(NC(C)=O)cc3)cc12. The number of nitrogens with zero attached hydrogens (tertiary/aromatic N) is 4. The van der Waals surface area contributed by atoms with E-state index >= 15 is 0 Å². The third-order valence-electron chi connectivity index (χ3n) is 7.72. The first-order valence-electron chi connectivity index (χ1n) is 16.9. The molecule has 12 nitrogen and oxygen atoms in total. The van der Waals surface area contributed by atoms with Crippen molar-refractivity contribution in [1.82, 2.24) is 19.9 Å². The van der Waals surface area contributed by atoms with Crippen molar-refractivity contribution in [3.63, 3.8) is 0 Å². The van der Waals surface area contributed by atoms with Gasteiger partial charge in [-0.05, 0) is 105 Å². The first kappa shape index (κ1) is 37.0. The predicted molar refractivity (Wildman–Crippen MR) is 208 cm³/mol. The molecular formula is C40H44N8O4. The van der Waals surface area contributed by atoms with Gasteiger partial charge in [0, 0.05) is 25.2 Å². The third kappa shape index (κ3) is 9.69. The van der Waals surface area contributed by atoms with Gasteiger partial charge in [0.1, 0.15) is 5.60 Å². The summed E-state index contributed by atoms with van der Waals surface area (Å²) in [7, 11) is 0. The number of nitrogen functional groups attached to an aromatic ring is 2. The van der Waals surface area contributed by atoms with Crippen molar-refractivity contribution in [3.05, 3.63) is 84.9 Å². The number of nitrogens with two attached hydrogens (primary N) is 2. The lowest BCUT2D eigenvalue weighted by molar-refractivity contribution is -0.115. The number of nitrogens with one attached hydrogen (secondary N) is 2. The second-order valence-corrected chi connectivity index (χ2v) is 13.3. The smallest absolute Gasteiger partial charge is 0.226 e. The molecule has 0 bridgehead atoms. The number of anilines is 4. The minimum atomic E-state index is -0.399. The number of carbonyl (C=O) groups excluding carboxylic acids is 2.